The Morgan fingerprint density at radius 2 is 2.32 bits per heavy atom. The lowest BCUT2D eigenvalue weighted by Crippen LogP contribution is -2.30. The Bertz CT molecular complexity index is 572. The van der Waals surface area contributed by atoms with Crippen molar-refractivity contribution in [3.05, 3.63) is 29.8 Å². The van der Waals surface area contributed by atoms with E-state index < -0.39 is 10.0 Å². The zero-order valence-corrected chi connectivity index (χ0v) is 11.4. The molecule has 19 heavy (non-hydrogen) atoms. The number of nitriles is 1. The van der Waals surface area contributed by atoms with Gasteiger partial charge in [0.15, 0.2) is 0 Å². The summed E-state index contributed by atoms with van der Waals surface area (Å²) in [4.78, 5) is 0.144. The van der Waals surface area contributed by atoms with Gasteiger partial charge in [0.05, 0.1) is 16.5 Å². The molecule has 0 bridgehead atoms. The molecule has 1 atom stereocenters. The molecular formula is C13H17N3O2S. The molecule has 2 rings (SSSR count). The van der Waals surface area contributed by atoms with Crippen molar-refractivity contribution in [1.29, 1.82) is 5.26 Å². The topological polar surface area (TPSA) is 82.0 Å². The predicted molar refractivity (Wildman–Crippen MR) is 72.0 cm³/mol. The monoisotopic (exact) mass is 279 g/mol. The summed E-state index contributed by atoms with van der Waals surface area (Å²) in [6, 6.07) is 8.39. The van der Waals surface area contributed by atoms with Crippen LogP contribution in [0.2, 0.25) is 0 Å². The minimum Gasteiger partial charge on any atom is -0.314 e. The first kappa shape index (κ1) is 14.0. The summed E-state index contributed by atoms with van der Waals surface area (Å²) in [7, 11) is -3.51. The summed E-state index contributed by atoms with van der Waals surface area (Å²) in [5.41, 5.74) is 0.348. The molecule has 102 valence electrons. The average Bonchev–Trinajstić information content (AvgIpc) is 2.92. The minimum absolute atomic E-state index is 0.144. The van der Waals surface area contributed by atoms with Crippen LogP contribution < -0.4 is 10.0 Å². The lowest BCUT2D eigenvalue weighted by Gasteiger charge is -2.11. The molecule has 0 saturated carbocycles. The number of benzene rings is 1. The standard InChI is InChI=1S/C13H17N3O2S/c14-10-11-3-1-5-13(9-11)19(17,18)16-8-6-12-4-2-7-15-12/h1,3,5,9,12,15-16H,2,4,6-8H2/t12-/m0/s1. The Labute approximate surface area is 113 Å². The molecule has 1 saturated heterocycles. The minimum atomic E-state index is -3.51. The van der Waals surface area contributed by atoms with Crippen LogP contribution in [0.3, 0.4) is 0 Å². The smallest absolute Gasteiger partial charge is 0.240 e. The zero-order chi connectivity index (χ0) is 13.7. The molecule has 6 heteroatoms. The third kappa shape index (κ3) is 3.77. The van der Waals surface area contributed by atoms with Crippen LogP contribution in [-0.4, -0.2) is 27.5 Å². The Kier molecular flexibility index (Phi) is 4.53. The van der Waals surface area contributed by atoms with E-state index in [1.807, 2.05) is 6.07 Å². The summed E-state index contributed by atoms with van der Waals surface area (Å²) in [5, 5.41) is 12.1. The number of nitrogens with zero attached hydrogens (tertiary/aromatic N) is 1. The number of rotatable bonds is 5. The van der Waals surface area contributed by atoms with Crippen molar-refractivity contribution in [1.82, 2.24) is 10.0 Å². The van der Waals surface area contributed by atoms with Gasteiger partial charge in [0.1, 0.15) is 0 Å². The van der Waals surface area contributed by atoms with E-state index in [0.717, 1.165) is 25.8 Å². The molecule has 1 aromatic rings. The van der Waals surface area contributed by atoms with Gasteiger partial charge in [-0.25, -0.2) is 13.1 Å². The van der Waals surface area contributed by atoms with Gasteiger partial charge in [-0.2, -0.15) is 5.26 Å². The SMILES string of the molecule is N#Cc1cccc(S(=O)(=O)NCC[C@@H]2CCCN2)c1. The highest BCUT2D eigenvalue weighted by Crippen LogP contribution is 2.12. The maximum Gasteiger partial charge on any atom is 0.240 e. The highest BCUT2D eigenvalue weighted by molar-refractivity contribution is 7.89. The predicted octanol–water partition coefficient (Wildman–Crippen LogP) is 0.979. The summed E-state index contributed by atoms with van der Waals surface area (Å²) < 4.78 is 26.6. The molecule has 1 aromatic carbocycles. The lowest BCUT2D eigenvalue weighted by atomic mass is 10.2. The molecule has 5 nitrogen and oxygen atoms in total. The van der Waals surface area contributed by atoms with Crippen LogP contribution in [-0.2, 0) is 10.0 Å². The quantitative estimate of drug-likeness (QED) is 0.841. The second kappa shape index (κ2) is 6.15. The van der Waals surface area contributed by atoms with Gasteiger partial charge in [-0.15, -0.1) is 0 Å². The van der Waals surface area contributed by atoms with Crippen LogP contribution >= 0.6 is 0 Å². The van der Waals surface area contributed by atoms with Gasteiger partial charge in [-0.3, -0.25) is 0 Å². The largest absolute Gasteiger partial charge is 0.314 e. The van der Waals surface area contributed by atoms with E-state index in [9.17, 15) is 8.42 Å². The molecular weight excluding hydrogens is 262 g/mol. The highest BCUT2D eigenvalue weighted by atomic mass is 32.2. The van der Waals surface area contributed by atoms with Crippen LogP contribution in [0, 0.1) is 11.3 Å². The summed E-state index contributed by atoms with van der Waals surface area (Å²) >= 11 is 0. The van der Waals surface area contributed by atoms with E-state index in [2.05, 4.69) is 10.0 Å². The zero-order valence-electron chi connectivity index (χ0n) is 10.6. The van der Waals surface area contributed by atoms with Crippen molar-refractivity contribution < 1.29 is 8.42 Å². The third-order valence-electron chi connectivity index (χ3n) is 3.22. The Morgan fingerprint density at radius 3 is 3.00 bits per heavy atom. The van der Waals surface area contributed by atoms with Gasteiger partial charge in [0.2, 0.25) is 10.0 Å². The van der Waals surface area contributed by atoms with Crippen molar-refractivity contribution in [2.45, 2.75) is 30.2 Å². The average molecular weight is 279 g/mol. The second-order valence-corrected chi connectivity index (χ2v) is 6.39. The second-order valence-electron chi connectivity index (χ2n) is 4.62. The molecule has 0 radical (unpaired) electrons. The van der Waals surface area contributed by atoms with E-state index in [4.69, 9.17) is 5.26 Å². The van der Waals surface area contributed by atoms with Crippen LogP contribution in [0.1, 0.15) is 24.8 Å². The number of hydrogen-bond acceptors (Lipinski definition) is 4. The van der Waals surface area contributed by atoms with E-state index in [0.29, 0.717) is 18.2 Å². The van der Waals surface area contributed by atoms with Gasteiger partial charge < -0.3 is 5.32 Å². The molecule has 1 aliphatic heterocycles. The molecule has 0 spiro atoms. The fourth-order valence-electron chi connectivity index (χ4n) is 2.19. The molecule has 0 aromatic heterocycles. The van der Waals surface area contributed by atoms with E-state index >= 15 is 0 Å². The van der Waals surface area contributed by atoms with Crippen LogP contribution in [0.4, 0.5) is 0 Å². The van der Waals surface area contributed by atoms with Gasteiger partial charge in [0.25, 0.3) is 0 Å². The molecule has 1 aliphatic rings. The molecule has 1 heterocycles. The Morgan fingerprint density at radius 1 is 1.47 bits per heavy atom. The Hall–Kier alpha value is -1.42. The van der Waals surface area contributed by atoms with Crippen molar-refractivity contribution in [2.75, 3.05) is 13.1 Å². The van der Waals surface area contributed by atoms with Crippen molar-refractivity contribution in [2.24, 2.45) is 0 Å². The number of sulfonamides is 1. The molecule has 2 N–H and O–H groups in total. The van der Waals surface area contributed by atoms with Gasteiger partial charge in [-0.1, -0.05) is 6.07 Å². The van der Waals surface area contributed by atoms with E-state index in [1.54, 1.807) is 12.1 Å². The summed E-state index contributed by atoms with van der Waals surface area (Å²) in [6.07, 6.45) is 3.05. The highest BCUT2D eigenvalue weighted by Gasteiger charge is 2.17. The molecule has 0 amide bonds. The van der Waals surface area contributed by atoms with Gasteiger partial charge in [-0.05, 0) is 44.0 Å². The maximum absolute atomic E-state index is 12.0. The van der Waals surface area contributed by atoms with Crippen LogP contribution in [0.15, 0.2) is 29.2 Å². The van der Waals surface area contributed by atoms with Crippen molar-refractivity contribution in [3.63, 3.8) is 0 Å². The summed E-state index contributed by atoms with van der Waals surface area (Å²) in [5.74, 6) is 0. The van der Waals surface area contributed by atoms with E-state index in [1.165, 1.54) is 12.1 Å². The summed E-state index contributed by atoms with van der Waals surface area (Å²) in [6.45, 7) is 1.43. The lowest BCUT2D eigenvalue weighted by molar-refractivity contribution is 0.539. The fraction of sp³-hybridized carbons (Fsp3) is 0.462. The van der Waals surface area contributed by atoms with E-state index in [-0.39, 0.29) is 4.90 Å². The molecule has 0 aliphatic carbocycles. The molecule has 0 unspecified atom stereocenters. The van der Waals surface area contributed by atoms with Crippen molar-refractivity contribution >= 4 is 10.0 Å². The molecule has 1 fully saturated rings. The van der Waals surface area contributed by atoms with Gasteiger partial charge >= 0.3 is 0 Å². The first-order chi connectivity index (χ1) is 9.12. The third-order valence-corrected chi connectivity index (χ3v) is 4.68. The fourth-order valence-corrected chi connectivity index (χ4v) is 3.28. The van der Waals surface area contributed by atoms with Gasteiger partial charge in [0, 0.05) is 12.6 Å². The van der Waals surface area contributed by atoms with Crippen LogP contribution in [0.25, 0.3) is 0 Å². The van der Waals surface area contributed by atoms with Crippen molar-refractivity contribution in [3.8, 4) is 6.07 Å². The first-order valence-electron chi connectivity index (χ1n) is 6.35. The maximum atomic E-state index is 12.0. The number of hydrogen-bond donors (Lipinski definition) is 2. The Balaban J connectivity index is 1.95. The number of nitrogens with one attached hydrogen (secondary N) is 2. The van der Waals surface area contributed by atoms with Crippen LogP contribution in [0.5, 0.6) is 0 Å². The normalized spacial score (nSPS) is 19.2. The first-order valence-corrected chi connectivity index (χ1v) is 7.83.